The van der Waals surface area contributed by atoms with E-state index in [2.05, 4.69) is 62.0 Å². The van der Waals surface area contributed by atoms with Crippen molar-refractivity contribution in [3.05, 3.63) is 58.3 Å². The van der Waals surface area contributed by atoms with Crippen LogP contribution in [0.25, 0.3) is 10.9 Å². The molecule has 0 atom stereocenters. The van der Waals surface area contributed by atoms with Crippen LogP contribution in [0.15, 0.2) is 47.2 Å². The van der Waals surface area contributed by atoms with E-state index in [4.69, 9.17) is 0 Å². The standard InChI is InChI=1S/C17H14BrN3/c1-11-2-3-12-6-7-21(16(12)8-11)17-14-9-13(18)4-5-15(14)19-10-20-17/h2-5,8-10H,6-7H2,1H3. The third-order valence-corrected chi connectivity index (χ3v) is 4.46. The number of aromatic nitrogens is 2. The zero-order chi connectivity index (χ0) is 14.4. The van der Waals surface area contributed by atoms with Crippen LogP contribution in [0.1, 0.15) is 11.1 Å². The average molecular weight is 340 g/mol. The third-order valence-electron chi connectivity index (χ3n) is 3.97. The molecule has 4 heteroatoms. The summed E-state index contributed by atoms with van der Waals surface area (Å²) in [5, 5.41) is 1.08. The predicted octanol–water partition coefficient (Wildman–Crippen LogP) is 4.39. The molecule has 1 aliphatic rings. The summed E-state index contributed by atoms with van der Waals surface area (Å²) in [5.74, 6) is 0.991. The van der Waals surface area contributed by atoms with Crippen molar-refractivity contribution in [1.29, 1.82) is 0 Å². The van der Waals surface area contributed by atoms with Crippen molar-refractivity contribution in [2.24, 2.45) is 0 Å². The Morgan fingerprint density at radius 3 is 2.90 bits per heavy atom. The fourth-order valence-corrected chi connectivity index (χ4v) is 3.30. The summed E-state index contributed by atoms with van der Waals surface area (Å²) in [6.45, 7) is 3.10. The molecule has 0 unspecified atom stereocenters. The highest BCUT2D eigenvalue weighted by atomic mass is 79.9. The lowest BCUT2D eigenvalue weighted by Gasteiger charge is -2.20. The summed E-state index contributed by atoms with van der Waals surface area (Å²) < 4.78 is 1.05. The molecular formula is C17H14BrN3. The predicted molar refractivity (Wildman–Crippen MR) is 89.1 cm³/mol. The molecule has 0 aliphatic carbocycles. The fraction of sp³-hybridized carbons (Fsp3) is 0.176. The highest BCUT2D eigenvalue weighted by Crippen LogP contribution is 2.37. The first-order valence-electron chi connectivity index (χ1n) is 7.00. The summed E-state index contributed by atoms with van der Waals surface area (Å²) in [5.41, 5.74) is 4.92. The minimum Gasteiger partial charge on any atom is -0.325 e. The van der Waals surface area contributed by atoms with Crippen LogP contribution >= 0.6 is 15.9 Å². The normalized spacial score (nSPS) is 13.7. The molecule has 21 heavy (non-hydrogen) atoms. The van der Waals surface area contributed by atoms with E-state index in [0.717, 1.165) is 34.2 Å². The minimum absolute atomic E-state index is 0.970. The zero-order valence-corrected chi connectivity index (χ0v) is 13.3. The number of nitrogens with zero attached hydrogens (tertiary/aromatic N) is 3. The van der Waals surface area contributed by atoms with Gasteiger partial charge < -0.3 is 4.90 Å². The number of hydrogen-bond acceptors (Lipinski definition) is 3. The van der Waals surface area contributed by atoms with E-state index < -0.39 is 0 Å². The molecule has 0 bridgehead atoms. The van der Waals surface area contributed by atoms with E-state index in [1.54, 1.807) is 6.33 Å². The minimum atomic E-state index is 0.970. The molecule has 1 aliphatic heterocycles. The second kappa shape index (κ2) is 4.81. The maximum Gasteiger partial charge on any atom is 0.144 e. The van der Waals surface area contributed by atoms with E-state index >= 15 is 0 Å². The summed E-state index contributed by atoms with van der Waals surface area (Å²) in [7, 11) is 0. The van der Waals surface area contributed by atoms with Crippen LogP contribution in [0.4, 0.5) is 11.5 Å². The van der Waals surface area contributed by atoms with Gasteiger partial charge in [-0.2, -0.15) is 0 Å². The fourth-order valence-electron chi connectivity index (χ4n) is 2.94. The van der Waals surface area contributed by atoms with Crippen LogP contribution in [0, 0.1) is 6.92 Å². The molecule has 0 saturated heterocycles. The number of hydrogen-bond donors (Lipinski definition) is 0. The SMILES string of the molecule is Cc1ccc2c(c1)N(c1ncnc3ccc(Br)cc13)CC2. The van der Waals surface area contributed by atoms with Crippen LogP contribution in [-0.2, 0) is 6.42 Å². The van der Waals surface area contributed by atoms with Gasteiger partial charge in [-0.3, -0.25) is 0 Å². The number of halogens is 1. The Bertz CT molecular complexity index is 845. The van der Waals surface area contributed by atoms with Crippen LogP contribution in [0.5, 0.6) is 0 Å². The quantitative estimate of drug-likeness (QED) is 0.658. The Hall–Kier alpha value is -1.94. The van der Waals surface area contributed by atoms with Gasteiger partial charge >= 0.3 is 0 Å². The van der Waals surface area contributed by atoms with Crippen molar-refractivity contribution in [2.75, 3.05) is 11.4 Å². The number of aryl methyl sites for hydroxylation is 1. The number of benzene rings is 2. The Kier molecular flexibility index (Phi) is 2.93. The topological polar surface area (TPSA) is 29.0 Å². The number of anilines is 2. The number of fused-ring (bicyclic) bond motifs is 2. The van der Waals surface area contributed by atoms with Crippen molar-refractivity contribution >= 4 is 38.3 Å². The lowest BCUT2D eigenvalue weighted by molar-refractivity contribution is 0.974. The van der Waals surface area contributed by atoms with Gasteiger partial charge in [0.05, 0.1) is 5.52 Å². The molecule has 3 nitrogen and oxygen atoms in total. The molecule has 0 amide bonds. The molecule has 104 valence electrons. The van der Waals surface area contributed by atoms with Gasteiger partial charge in [0.15, 0.2) is 0 Å². The summed E-state index contributed by atoms with van der Waals surface area (Å²) in [6, 6.07) is 12.8. The third kappa shape index (κ3) is 2.10. The van der Waals surface area contributed by atoms with E-state index in [-0.39, 0.29) is 0 Å². The molecule has 0 spiro atoms. The van der Waals surface area contributed by atoms with E-state index in [1.807, 2.05) is 12.1 Å². The van der Waals surface area contributed by atoms with Crippen LogP contribution in [0.2, 0.25) is 0 Å². The Balaban J connectivity index is 1.93. The molecule has 0 fully saturated rings. The maximum atomic E-state index is 4.55. The first-order chi connectivity index (χ1) is 10.2. The van der Waals surface area contributed by atoms with E-state index in [1.165, 1.54) is 16.8 Å². The van der Waals surface area contributed by atoms with Gasteiger partial charge in [0.1, 0.15) is 12.1 Å². The molecule has 4 rings (SSSR count). The first kappa shape index (κ1) is 12.8. The van der Waals surface area contributed by atoms with Gasteiger partial charge in [-0.1, -0.05) is 28.1 Å². The van der Waals surface area contributed by atoms with Gasteiger partial charge in [0, 0.05) is 22.1 Å². The molecular weight excluding hydrogens is 326 g/mol. The highest BCUT2D eigenvalue weighted by Gasteiger charge is 2.23. The van der Waals surface area contributed by atoms with Gasteiger partial charge in [-0.05, 0) is 48.7 Å². The van der Waals surface area contributed by atoms with Crippen molar-refractivity contribution in [1.82, 2.24) is 9.97 Å². The van der Waals surface area contributed by atoms with Gasteiger partial charge in [-0.25, -0.2) is 9.97 Å². The van der Waals surface area contributed by atoms with Gasteiger partial charge in [0.25, 0.3) is 0 Å². The molecule has 2 aromatic carbocycles. The van der Waals surface area contributed by atoms with Crippen molar-refractivity contribution < 1.29 is 0 Å². The Morgan fingerprint density at radius 1 is 1.10 bits per heavy atom. The maximum absolute atomic E-state index is 4.55. The first-order valence-corrected chi connectivity index (χ1v) is 7.79. The Morgan fingerprint density at radius 2 is 2.00 bits per heavy atom. The van der Waals surface area contributed by atoms with Gasteiger partial charge in [0.2, 0.25) is 0 Å². The second-order valence-electron chi connectivity index (χ2n) is 5.39. The molecule has 1 aromatic heterocycles. The van der Waals surface area contributed by atoms with Crippen LogP contribution < -0.4 is 4.90 Å². The largest absolute Gasteiger partial charge is 0.325 e. The van der Waals surface area contributed by atoms with Crippen molar-refractivity contribution in [2.45, 2.75) is 13.3 Å². The van der Waals surface area contributed by atoms with E-state index in [9.17, 15) is 0 Å². The molecule has 3 aromatic rings. The molecule has 0 radical (unpaired) electrons. The van der Waals surface area contributed by atoms with Crippen molar-refractivity contribution in [3.8, 4) is 0 Å². The monoisotopic (exact) mass is 339 g/mol. The summed E-state index contributed by atoms with van der Waals surface area (Å²) >= 11 is 3.54. The lowest BCUT2D eigenvalue weighted by atomic mass is 10.1. The van der Waals surface area contributed by atoms with Crippen LogP contribution in [0.3, 0.4) is 0 Å². The van der Waals surface area contributed by atoms with Crippen LogP contribution in [-0.4, -0.2) is 16.5 Å². The molecule has 2 heterocycles. The van der Waals surface area contributed by atoms with E-state index in [0.29, 0.717) is 0 Å². The zero-order valence-electron chi connectivity index (χ0n) is 11.7. The van der Waals surface area contributed by atoms with Crippen molar-refractivity contribution in [3.63, 3.8) is 0 Å². The second-order valence-corrected chi connectivity index (χ2v) is 6.31. The molecule has 0 N–H and O–H groups in total. The van der Waals surface area contributed by atoms with Gasteiger partial charge in [-0.15, -0.1) is 0 Å². The lowest BCUT2D eigenvalue weighted by Crippen LogP contribution is -2.15. The molecule has 0 saturated carbocycles. The summed E-state index contributed by atoms with van der Waals surface area (Å²) in [4.78, 5) is 11.2. The highest BCUT2D eigenvalue weighted by molar-refractivity contribution is 9.10. The number of rotatable bonds is 1. The smallest absolute Gasteiger partial charge is 0.144 e. The Labute approximate surface area is 131 Å². The summed E-state index contributed by atoms with van der Waals surface area (Å²) in [6.07, 6.45) is 2.72. The average Bonchev–Trinajstić information content (AvgIpc) is 2.89.